The van der Waals surface area contributed by atoms with Gasteiger partial charge < -0.3 is 5.32 Å². The first kappa shape index (κ1) is 19.1. The Labute approximate surface area is 185 Å². The zero-order chi connectivity index (χ0) is 22.5. The van der Waals surface area contributed by atoms with E-state index in [2.05, 4.69) is 25.3 Å². The molecule has 0 radical (unpaired) electrons. The summed E-state index contributed by atoms with van der Waals surface area (Å²) in [6, 6.07) is 12.7. The number of H-pyrrole nitrogens is 1. The Balaban J connectivity index is 1.28. The molecule has 1 amide bonds. The highest BCUT2D eigenvalue weighted by molar-refractivity contribution is 6.05. The number of nitrogens with zero attached hydrogens (tertiary/aromatic N) is 5. The lowest BCUT2D eigenvalue weighted by Crippen LogP contribution is -2.30. The number of hydrogen-bond acceptors (Lipinski definition) is 6. The summed E-state index contributed by atoms with van der Waals surface area (Å²) in [7, 11) is 0. The molecule has 5 aromatic rings. The fourth-order valence-electron chi connectivity index (χ4n) is 3.88. The highest BCUT2D eigenvalue weighted by Gasteiger charge is 2.27. The number of carbonyl (C=O) groups excluding carboxylic acids is 1. The summed E-state index contributed by atoms with van der Waals surface area (Å²) >= 11 is 0. The van der Waals surface area contributed by atoms with Gasteiger partial charge in [-0.05, 0) is 43.2 Å². The monoisotopic (exact) mass is 439 g/mol. The second-order valence-corrected chi connectivity index (χ2v) is 7.92. The number of rotatable bonds is 4. The lowest BCUT2D eigenvalue weighted by atomic mass is 10.2. The summed E-state index contributed by atoms with van der Waals surface area (Å²) in [6.07, 6.45) is 6.35. The van der Waals surface area contributed by atoms with E-state index in [0.29, 0.717) is 17.2 Å². The minimum Gasteiger partial charge on any atom is -0.321 e. The number of benzene rings is 1. The van der Waals surface area contributed by atoms with Crippen LogP contribution < -0.4 is 16.6 Å². The molecule has 162 valence electrons. The molecular weight excluding hydrogens is 422 g/mol. The van der Waals surface area contributed by atoms with E-state index in [1.165, 1.54) is 16.8 Å². The zero-order valence-electron chi connectivity index (χ0n) is 17.2. The number of fused-ring (bicyclic) bond motifs is 2. The van der Waals surface area contributed by atoms with Crippen molar-refractivity contribution in [1.29, 1.82) is 0 Å². The second-order valence-electron chi connectivity index (χ2n) is 7.92. The molecule has 1 aliphatic carbocycles. The number of hydrogen-bond donors (Lipinski definition) is 2. The fraction of sp³-hybridized carbons (Fsp3) is 0.130. The Bertz CT molecular complexity index is 1660. The van der Waals surface area contributed by atoms with E-state index in [9.17, 15) is 14.4 Å². The van der Waals surface area contributed by atoms with E-state index >= 15 is 0 Å². The van der Waals surface area contributed by atoms with Crippen LogP contribution in [0.1, 0.15) is 29.2 Å². The van der Waals surface area contributed by atoms with E-state index in [-0.39, 0.29) is 17.0 Å². The minimum absolute atomic E-state index is 0.0428. The number of aromatic amines is 1. The number of amides is 1. The molecule has 0 atom stereocenters. The Morgan fingerprint density at radius 2 is 1.88 bits per heavy atom. The van der Waals surface area contributed by atoms with Gasteiger partial charge in [-0.1, -0.05) is 12.1 Å². The van der Waals surface area contributed by atoms with Crippen LogP contribution in [0.2, 0.25) is 0 Å². The lowest BCUT2D eigenvalue weighted by molar-refractivity contribution is 0.102. The van der Waals surface area contributed by atoms with Gasteiger partial charge in [0.15, 0.2) is 0 Å². The molecule has 1 aliphatic rings. The average Bonchev–Trinajstić information content (AvgIpc) is 3.57. The largest absolute Gasteiger partial charge is 0.330 e. The number of anilines is 1. The number of imidazole rings is 1. The van der Waals surface area contributed by atoms with Crippen LogP contribution >= 0.6 is 0 Å². The molecule has 4 aromatic heterocycles. The number of para-hydroxylation sites is 2. The van der Waals surface area contributed by atoms with Crippen molar-refractivity contribution in [1.82, 2.24) is 29.1 Å². The third kappa shape index (κ3) is 3.28. The fourth-order valence-corrected chi connectivity index (χ4v) is 3.88. The first-order chi connectivity index (χ1) is 16.1. The molecule has 1 fully saturated rings. The van der Waals surface area contributed by atoms with E-state index in [4.69, 9.17) is 0 Å². The SMILES string of the molecule is O=C(Nc1ccc(-n2cnc3ccccc32)nc1)c1cnc2c(c1)c(=O)[nH]c(=O)n2C1CC1. The molecule has 0 aliphatic heterocycles. The van der Waals surface area contributed by atoms with Gasteiger partial charge in [-0.2, -0.15) is 0 Å². The van der Waals surface area contributed by atoms with Gasteiger partial charge in [0, 0.05) is 12.2 Å². The van der Waals surface area contributed by atoms with Gasteiger partial charge in [0.25, 0.3) is 11.5 Å². The van der Waals surface area contributed by atoms with Crippen LogP contribution in [-0.2, 0) is 0 Å². The lowest BCUT2D eigenvalue weighted by Gasteiger charge is -2.09. The smallest absolute Gasteiger partial charge is 0.321 e. The van der Waals surface area contributed by atoms with Gasteiger partial charge in [-0.25, -0.2) is 19.7 Å². The Hall–Kier alpha value is -4.60. The third-order valence-electron chi connectivity index (χ3n) is 5.66. The van der Waals surface area contributed by atoms with Crippen molar-refractivity contribution < 1.29 is 4.79 Å². The summed E-state index contributed by atoms with van der Waals surface area (Å²) in [5, 5.41) is 2.97. The van der Waals surface area contributed by atoms with Gasteiger partial charge in [0.1, 0.15) is 17.8 Å². The van der Waals surface area contributed by atoms with Crippen molar-refractivity contribution in [2.24, 2.45) is 0 Å². The van der Waals surface area contributed by atoms with E-state index in [0.717, 1.165) is 23.9 Å². The molecule has 0 bridgehead atoms. The van der Waals surface area contributed by atoms with Crippen molar-refractivity contribution in [2.75, 3.05) is 5.32 Å². The van der Waals surface area contributed by atoms with Crippen LogP contribution in [0.25, 0.3) is 27.9 Å². The first-order valence-corrected chi connectivity index (χ1v) is 10.4. The zero-order valence-corrected chi connectivity index (χ0v) is 17.2. The molecule has 0 saturated heterocycles. The molecule has 1 saturated carbocycles. The van der Waals surface area contributed by atoms with Crippen LogP contribution in [-0.4, -0.2) is 35.0 Å². The summed E-state index contributed by atoms with van der Waals surface area (Å²) in [6.45, 7) is 0. The quantitative estimate of drug-likeness (QED) is 0.443. The van der Waals surface area contributed by atoms with Crippen LogP contribution in [0, 0.1) is 0 Å². The predicted molar refractivity (Wildman–Crippen MR) is 122 cm³/mol. The molecule has 6 rings (SSSR count). The Morgan fingerprint density at radius 1 is 1.03 bits per heavy atom. The highest BCUT2D eigenvalue weighted by atomic mass is 16.2. The summed E-state index contributed by atoms with van der Waals surface area (Å²) in [5.41, 5.74) is 1.75. The maximum absolute atomic E-state index is 12.8. The minimum atomic E-state index is -0.562. The molecule has 0 unspecified atom stereocenters. The molecular formula is C23H17N7O3. The maximum Gasteiger partial charge on any atom is 0.330 e. The summed E-state index contributed by atoms with van der Waals surface area (Å²) < 4.78 is 3.35. The van der Waals surface area contributed by atoms with Crippen LogP contribution in [0.3, 0.4) is 0 Å². The summed E-state index contributed by atoms with van der Waals surface area (Å²) in [5.74, 6) is 0.231. The molecule has 2 N–H and O–H groups in total. The van der Waals surface area contributed by atoms with Crippen molar-refractivity contribution in [3.8, 4) is 5.82 Å². The van der Waals surface area contributed by atoms with Crippen molar-refractivity contribution in [2.45, 2.75) is 18.9 Å². The molecule has 33 heavy (non-hydrogen) atoms. The second kappa shape index (κ2) is 7.23. The number of aromatic nitrogens is 6. The van der Waals surface area contributed by atoms with Crippen LogP contribution in [0.15, 0.2) is 70.8 Å². The molecule has 0 spiro atoms. The number of nitrogens with one attached hydrogen (secondary N) is 2. The van der Waals surface area contributed by atoms with Crippen molar-refractivity contribution in [3.05, 3.63) is 87.6 Å². The number of carbonyl (C=O) groups is 1. The van der Waals surface area contributed by atoms with E-state index in [1.807, 2.05) is 28.8 Å². The van der Waals surface area contributed by atoms with Gasteiger partial charge in [0.2, 0.25) is 0 Å². The van der Waals surface area contributed by atoms with Gasteiger partial charge in [-0.3, -0.25) is 23.7 Å². The molecule has 4 heterocycles. The highest BCUT2D eigenvalue weighted by Crippen LogP contribution is 2.34. The Kier molecular flexibility index (Phi) is 4.19. The van der Waals surface area contributed by atoms with Crippen molar-refractivity contribution >= 4 is 33.7 Å². The molecule has 1 aromatic carbocycles. The summed E-state index contributed by atoms with van der Waals surface area (Å²) in [4.78, 5) is 52.6. The first-order valence-electron chi connectivity index (χ1n) is 10.4. The predicted octanol–water partition coefficient (Wildman–Crippen LogP) is 2.41. The van der Waals surface area contributed by atoms with Gasteiger partial charge >= 0.3 is 5.69 Å². The standard InChI is InChI=1S/C23H17N7O3/c31-21(13-9-16-20(25-10-13)30(15-6-7-15)23(33)28-22(16)32)27-14-5-8-19(24-11-14)29-12-26-17-3-1-2-4-18(17)29/h1-5,8-12,15H,6-7H2,(H,27,31)(H,28,32,33). The van der Waals surface area contributed by atoms with Gasteiger partial charge in [-0.15, -0.1) is 0 Å². The van der Waals surface area contributed by atoms with E-state index in [1.54, 1.807) is 24.7 Å². The Morgan fingerprint density at radius 3 is 2.67 bits per heavy atom. The van der Waals surface area contributed by atoms with Gasteiger partial charge in [0.05, 0.1) is 33.9 Å². The van der Waals surface area contributed by atoms with E-state index < -0.39 is 17.2 Å². The normalized spacial score (nSPS) is 13.5. The molecule has 10 nitrogen and oxygen atoms in total. The topological polar surface area (TPSA) is 128 Å². The average molecular weight is 439 g/mol. The third-order valence-corrected chi connectivity index (χ3v) is 5.66. The van der Waals surface area contributed by atoms with Crippen LogP contribution in [0.5, 0.6) is 0 Å². The van der Waals surface area contributed by atoms with Crippen molar-refractivity contribution in [3.63, 3.8) is 0 Å². The number of pyridine rings is 2. The molecule has 10 heteroatoms. The van der Waals surface area contributed by atoms with Crippen LogP contribution in [0.4, 0.5) is 5.69 Å². The maximum atomic E-state index is 12.8.